The third-order valence-corrected chi connectivity index (χ3v) is 6.50. The molecule has 0 aliphatic heterocycles. The lowest BCUT2D eigenvalue weighted by atomic mass is 10.1. The third-order valence-electron chi connectivity index (χ3n) is 6.50. The number of aromatic nitrogens is 5. The summed E-state index contributed by atoms with van der Waals surface area (Å²) in [6, 6.07) is 0. The SMILES string of the molecule is CCCCCCCCCCCC(=O)NCCn1cc(CCCCCc2cn(C(=O)OC(C)(C)C)c(N)n2)nn1. The Morgan fingerprint density at radius 3 is 2.18 bits per heavy atom. The predicted molar refractivity (Wildman–Crippen MR) is 154 cm³/mol. The van der Waals surface area contributed by atoms with Crippen molar-refractivity contribution >= 4 is 17.9 Å². The minimum Gasteiger partial charge on any atom is -0.443 e. The molecular formula is C29H51N7O3. The first-order chi connectivity index (χ1) is 18.7. The number of anilines is 1. The molecule has 3 N–H and O–H groups in total. The maximum atomic E-state index is 12.2. The molecule has 0 radical (unpaired) electrons. The molecule has 0 saturated heterocycles. The summed E-state index contributed by atoms with van der Waals surface area (Å²) in [5.41, 5.74) is 7.03. The van der Waals surface area contributed by atoms with Crippen molar-refractivity contribution in [1.29, 1.82) is 0 Å². The summed E-state index contributed by atoms with van der Waals surface area (Å²) < 4.78 is 8.41. The number of hydrogen-bond donors (Lipinski definition) is 2. The van der Waals surface area contributed by atoms with Crippen LogP contribution in [0.4, 0.5) is 10.7 Å². The first-order valence-electron chi connectivity index (χ1n) is 14.9. The molecule has 2 aromatic heterocycles. The molecule has 10 nitrogen and oxygen atoms in total. The molecular weight excluding hydrogens is 494 g/mol. The fourth-order valence-corrected chi connectivity index (χ4v) is 4.37. The Labute approximate surface area is 234 Å². The van der Waals surface area contributed by atoms with Crippen LogP contribution in [0.2, 0.25) is 0 Å². The van der Waals surface area contributed by atoms with Crippen LogP contribution < -0.4 is 11.1 Å². The van der Waals surface area contributed by atoms with Crippen molar-refractivity contribution in [1.82, 2.24) is 29.9 Å². The minimum atomic E-state index is -0.587. The van der Waals surface area contributed by atoms with Crippen molar-refractivity contribution in [2.75, 3.05) is 12.3 Å². The summed E-state index contributed by atoms with van der Waals surface area (Å²) in [5, 5.41) is 11.4. The topological polar surface area (TPSA) is 130 Å². The van der Waals surface area contributed by atoms with Crippen molar-refractivity contribution in [2.45, 2.75) is 136 Å². The third kappa shape index (κ3) is 14.2. The number of carbonyl (C=O) groups is 2. The zero-order chi connectivity index (χ0) is 28.5. The van der Waals surface area contributed by atoms with E-state index in [0.29, 0.717) is 19.5 Å². The summed E-state index contributed by atoms with van der Waals surface area (Å²) in [4.78, 5) is 28.6. The van der Waals surface area contributed by atoms with Gasteiger partial charge in [-0.25, -0.2) is 14.3 Å². The number of rotatable bonds is 19. The van der Waals surface area contributed by atoms with Gasteiger partial charge < -0.3 is 15.8 Å². The molecule has 2 aromatic rings. The molecule has 0 bridgehead atoms. The minimum absolute atomic E-state index is 0.121. The molecule has 0 aliphatic carbocycles. The molecule has 10 heteroatoms. The Balaban J connectivity index is 1.52. The Bertz CT molecular complexity index is 978. The highest BCUT2D eigenvalue weighted by Crippen LogP contribution is 2.15. The van der Waals surface area contributed by atoms with Crippen LogP contribution in [0.3, 0.4) is 0 Å². The van der Waals surface area contributed by atoms with E-state index in [9.17, 15) is 9.59 Å². The second kappa shape index (κ2) is 17.6. The lowest BCUT2D eigenvalue weighted by Gasteiger charge is -2.19. The molecule has 0 aliphatic rings. The van der Waals surface area contributed by atoms with Crippen LogP contribution in [0.15, 0.2) is 12.4 Å². The first-order valence-corrected chi connectivity index (χ1v) is 14.9. The lowest BCUT2D eigenvalue weighted by molar-refractivity contribution is -0.121. The van der Waals surface area contributed by atoms with Gasteiger partial charge in [-0.05, 0) is 52.9 Å². The predicted octanol–water partition coefficient (Wildman–Crippen LogP) is 5.83. The van der Waals surface area contributed by atoms with E-state index in [4.69, 9.17) is 10.5 Å². The quantitative estimate of drug-likeness (QED) is 0.212. The number of ether oxygens (including phenoxy) is 1. The van der Waals surface area contributed by atoms with E-state index in [1.807, 2.05) is 27.0 Å². The number of nitrogen functional groups attached to an aromatic ring is 1. The summed E-state index contributed by atoms with van der Waals surface area (Å²) in [6.45, 7) is 8.88. The average Bonchev–Trinajstić information content (AvgIpc) is 3.47. The highest BCUT2D eigenvalue weighted by molar-refractivity contribution is 5.75. The molecule has 0 aromatic carbocycles. The molecule has 0 spiro atoms. The number of nitrogens with two attached hydrogens (primary N) is 1. The smallest absolute Gasteiger partial charge is 0.421 e. The first kappa shape index (κ1) is 32.3. The van der Waals surface area contributed by atoms with Crippen molar-refractivity contribution in [3.05, 3.63) is 23.8 Å². The lowest BCUT2D eigenvalue weighted by Crippen LogP contribution is -2.27. The molecule has 220 valence electrons. The number of aryl methyl sites for hydroxylation is 2. The van der Waals surface area contributed by atoms with Gasteiger partial charge in [0.05, 0.1) is 17.9 Å². The molecule has 2 rings (SSSR count). The zero-order valence-corrected chi connectivity index (χ0v) is 24.7. The van der Waals surface area contributed by atoms with Crippen LogP contribution in [0, 0.1) is 0 Å². The van der Waals surface area contributed by atoms with Crippen LogP contribution in [-0.4, -0.2) is 48.7 Å². The van der Waals surface area contributed by atoms with Gasteiger partial charge >= 0.3 is 6.09 Å². The molecule has 0 unspecified atom stereocenters. The highest BCUT2D eigenvalue weighted by atomic mass is 16.6. The number of unbranched alkanes of at least 4 members (excludes halogenated alkanes) is 10. The second-order valence-corrected chi connectivity index (χ2v) is 11.4. The highest BCUT2D eigenvalue weighted by Gasteiger charge is 2.20. The van der Waals surface area contributed by atoms with Crippen LogP contribution in [0.5, 0.6) is 0 Å². The van der Waals surface area contributed by atoms with Gasteiger partial charge in [-0.2, -0.15) is 0 Å². The summed E-state index contributed by atoms with van der Waals surface area (Å²) in [5.74, 6) is 0.270. The fourth-order valence-electron chi connectivity index (χ4n) is 4.37. The standard InChI is InChI=1S/C29H51N7O3/c1-5-6-7-8-9-10-11-12-16-19-26(37)31-20-21-35-22-25(33-34-35)18-15-13-14-17-24-23-36(27(30)32-24)28(38)39-29(2,3)4/h22-23H,5-21H2,1-4H3,(H2,30,32)(H,31,37). The van der Waals surface area contributed by atoms with Gasteiger partial charge in [-0.1, -0.05) is 69.9 Å². The second-order valence-electron chi connectivity index (χ2n) is 11.4. The van der Waals surface area contributed by atoms with Crippen molar-refractivity contribution < 1.29 is 14.3 Å². The maximum absolute atomic E-state index is 12.2. The Kier molecular flexibility index (Phi) is 14.6. The van der Waals surface area contributed by atoms with Crippen LogP contribution in [0.25, 0.3) is 0 Å². The van der Waals surface area contributed by atoms with Gasteiger partial charge in [0.15, 0.2) is 0 Å². The number of imidazole rings is 1. The van der Waals surface area contributed by atoms with Gasteiger partial charge in [-0.3, -0.25) is 9.48 Å². The van der Waals surface area contributed by atoms with E-state index in [1.165, 1.54) is 49.5 Å². The Hall–Kier alpha value is -2.91. The van der Waals surface area contributed by atoms with Crippen LogP contribution >= 0.6 is 0 Å². The summed E-state index contributed by atoms with van der Waals surface area (Å²) in [6.07, 6.45) is 19.5. The number of amides is 1. The van der Waals surface area contributed by atoms with E-state index < -0.39 is 11.7 Å². The molecule has 2 heterocycles. The monoisotopic (exact) mass is 545 g/mol. The summed E-state index contributed by atoms with van der Waals surface area (Å²) in [7, 11) is 0. The molecule has 0 saturated carbocycles. The Morgan fingerprint density at radius 1 is 0.897 bits per heavy atom. The van der Waals surface area contributed by atoms with E-state index in [0.717, 1.165) is 56.3 Å². The maximum Gasteiger partial charge on any atom is 0.421 e. The average molecular weight is 546 g/mol. The number of nitrogens with one attached hydrogen (secondary N) is 1. The zero-order valence-electron chi connectivity index (χ0n) is 24.7. The van der Waals surface area contributed by atoms with E-state index in [-0.39, 0.29) is 11.9 Å². The fraction of sp³-hybridized carbons (Fsp3) is 0.759. The van der Waals surface area contributed by atoms with Crippen LogP contribution in [0.1, 0.15) is 123 Å². The number of hydrogen-bond acceptors (Lipinski definition) is 7. The van der Waals surface area contributed by atoms with Gasteiger partial charge in [0.25, 0.3) is 0 Å². The van der Waals surface area contributed by atoms with E-state index in [1.54, 1.807) is 10.9 Å². The van der Waals surface area contributed by atoms with E-state index in [2.05, 4.69) is 27.5 Å². The Morgan fingerprint density at radius 2 is 1.51 bits per heavy atom. The number of nitrogens with zero attached hydrogens (tertiary/aromatic N) is 5. The molecule has 0 fully saturated rings. The summed E-state index contributed by atoms with van der Waals surface area (Å²) >= 11 is 0. The van der Waals surface area contributed by atoms with Gasteiger partial charge in [-0.15, -0.1) is 5.10 Å². The largest absolute Gasteiger partial charge is 0.443 e. The van der Waals surface area contributed by atoms with Gasteiger partial charge in [0.1, 0.15) is 5.60 Å². The van der Waals surface area contributed by atoms with Crippen LogP contribution in [-0.2, 0) is 28.9 Å². The normalized spacial score (nSPS) is 11.6. The molecule has 0 atom stereocenters. The van der Waals surface area contributed by atoms with Gasteiger partial charge in [0.2, 0.25) is 11.9 Å². The van der Waals surface area contributed by atoms with Crippen molar-refractivity contribution in [2.24, 2.45) is 0 Å². The molecule has 1 amide bonds. The van der Waals surface area contributed by atoms with Crippen molar-refractivity contribution in [3.63, 3.8) is 0 Å². The number of carbonyl (C=O) groups excluding carboxylic acids is 2. The van der Waals surface area contributed by atoms with Gasteiger partial charge in [0, 0.05) is 25.4 Å². The van der Waals surface area contributed by atoms with Crippen molar-refractivity contribution in [3.8, 4) is 0 Å². The van der Waals surface area contributed by atoms with E-state index >= 15 is 0 Å². The molecule has 39 heavy (non-hydrogen) atoms.